The lowest BCUT2D eigenvalue weighted by molar-refractivity contribution is -0.124. The molecule has 0 aromatic rings. The van der Waals surface area contributed by atoms with E-state index in [4.69, 9.17) is 9.47 Å². The van der Waals surface area contributed by atoms with Gasteiger partial charge >= 0.3 is 12.2 Å². The lowest BCUT2D eigenvalue weighted by atomic mass is 10.1. The Morgan fingerprint density at radius 2 is 1.58 bits per heavy atom. The Morgan fingerprint density at radius 3 is 2.15 bits per heavy atom. The molecule has 0 bridgehead atoms. The van der Waals surface area contributed by atoms with E-state index in [9.17, 15) is 14.4 Å². The zero-order chi connectivity index (χ0) is 19.7. The number of hydrogen-bond donors (Lipinski definition) is 0. The van der Waals surface area contributed by atoms with Crippen molar-refractivity contribution in [1.29, 1.82) is 0 Å². The summed E-state index contributed by atoms with van der Waals surface area (Å²) in [6.45, 7) is 11.7. The van der Waals surface area contributed by atoms with Crippen molar-refractivity contribution in [2.75, 3.05) is 13.1 Å². The second-order valence-corrected chi connectivity index (χ2v) is 8.76. The first-order chi connectivity index (χ1) is 11.9. The molecule has 0 aromatic heterocycles. The lowest BCUT2D eigenvalue weighted by Gasteiger charge is -2.27. The van der Waals surface area contributed by atoms with Gasteiger partial charge in [-0.05, 0) is 60.8 Å². The largest absolute Gasteiger partial charge is 0.444 e. The van der Waals surface area contributed by atoms with E-state index < -0.39 is 17.3 Å². The topological polar surface area (TPSA) is 76.2 Å². The Morgan fingerprint density at radius 1 is 1.00 bits per heavy atom. The zero-order valence-electron chi connectivity index (χ0n) is 16.6. The second-order valence-electron chi connectivity index (χ2n) is 8.76. The van der Waals surface area contributed by atoms with Gasteiger partial charge in [0.05, 0.1) is 6.04 Å². The lowest BCUT2D eigenvalue weighted by Crippen LogP contribution is -2.39. The van der Waals surface area contributed by atoms with Crippen molar-refractivity contribution >= 4 is 18.1 Å². The minimum atomic E-state index is -0.650. The third-order valence-electron chi connectivity index (χ3n) is 4.06. The molecule has 1 atom stereocenters. The summed E-state index contributed by atoms with van der Waals surface area (Å²) in [5, 5.41) is 0. The molecule has 2 aliphatic rings. The van der Waals surface area contributed by atoms with Gasteiger partial charge < -0.3 is 14.4 Å². The summed E-state index contributed by atoms with van der Waals surface area (Å²) in [7, 11) is 0. The van der Waals surface area contributed by atoms with Crippen LogP contribution in [0.5, 0.6) is 0 Å². The van der Waals surface area contributed by atoms with E-state index in [0.717, 1.165) is 17.7 Å². The van der Waals surface area contributed by atoms with Crippen molar-refractivity contribution in [3.63, 3.8) is 0 Å². The van der Waals surface area contributed by atoms with E-state index in [0.29, 0.717) is 25.1 Å². The van der Waals surface area contributed by atoms with Crippen molar-refractivity contribution in [2.24, 2.45) is 0 Å². The molecule has 0 radical (unpaired) electrons. The molecule has 7 nitrogen and oxygen atoms in total. The molecule has 0 unspecified atom stereocenters. The minimum Gasteiger partial charge on any atom is -0.444 e. The molecule has 0 spiro atoms. The molecule has 2 fully saturated rings. The van der Waals surface area contributed by atoms with Gasteiger partial charge in [-0.25, -0.2) is 14.5 Å². The van der Waals surface area contributed by atoms with Gasteiger partial charge in [0.1, 0.15) is 11.2 Å². The Balaban J connectivity index is 2.06. The first kappa shape index (κ1) is 20.3. The van der Waals surface area contributed by atoms with Crippen LogP contribution in [-0.4, -0.2) is 58.2 Å². The third-order valence-corrected chi connectivity index (χ3v) is 4.06. The highest BCUT2D eigenvalue weighted by atomic mass is 16.6. The number of amides is 3. The summed E-state index contributed by atoms with van der Waals surface area (Å²) in [5.74, 6) is -0.338. The summed E-state index contributed by atoms with van der Waals surface area (Å²) in [6, 6.07) is -0.178. The fourth-order valence-corrected chi connectivity index (χ4v) is 3.01. The second kappa shape index (κ2) is 7.29. The monoisotopic (exact) mass is 366 g/mol. The highest BCUT2D eigenvalue weighted by Crippen LogP contribution is 2.26. The van der Waals surface area contributed by atoms with Gasteiger partial charge in [0.15, 0.2) is 0 Å². The fraction of sp³-hybridized carbons (Fsp3) is 0.737. The molecule has 146 valence electrons. The SMILES string of the molecule is CC(C)(C)OC(=O)N1CC/C(=C\[C@H]2CCCN2C(=O)OC(C)(C)C)C1=O. The van der Waals surface area contributed by atoms with E-state index in [1.54, 1.807) is 25.7 Å². The molecule has 7 heteroatoms. The van der Waals surface area contributed by atoms with Crippen LogP contribution in [-0.2, 0) is 14.3 Å². The molecule has 0 aromatic carbocycles. The average molecular weight is 366 g/mol. The molecule has 2 rings (SSSR count). The van der Waals surface area contributed by atoms with Crippen LogP contribution in [0, 0.1) is 0 Å². The van der Waals surface area contributed by atoms with Crippen molar-refractivity contribution in [3.05, 3.63) is 11.6 Å². The van der Waals surface area contributed by atoms with Crippen LogP contribution >= 0.6 is 0 Å². The van der Waals surface area contributed by atoms with Crippen LogP contribution in [0.2, 0.25) is 0 Å². The summed E-state index contributed by atoms with van der Waals surface area (Å²) in [6.07, 6.45) is 2.92. The molecule has 0 aliphatic carbocycles. The first-order valence-electron chi connectivity index (χ1n) is 9.12. The standard InChI is InChI=1S/C19H30N2O5/c1-18(2,3)25-16(23)20-10-7-8-14(20)12-13-9-11-21(15(13)22)17(24)26-19(4,5)6/h12,14H,7-11H2,1-6H3/b13-12+/t14-/m1/s1. The molecule has 0 N–H and O–H groups in total. The Labute approximate surface area is 155 Å². The molecule has 3 amide bonds. The summed E-state index contributed by atoms with van der Waals surface area (Å²) in [5.41, 5.74) is -0.659. The van der Waals surface area contributed by atoms with Gasteiger partial charge in [0.2, 0.25) is 0 Å². The number of rotatable bonds is 1. The maximum Gasteiger partial charge on any atom is 0.417 e. The summed E-state index contributed by atoms with van der Waals surface area (Å²) in [4.78, 5) is 39.8. The van der Waals surface area contributed by atoms with Gasteiger partial charge in [0.25, 0.3) is 5.91 Å². The molecular formula is C19H30N2O5. The third kappa shape index (κ3) is 5.22. The zero-order valence-corrected chi connectivity index (χ0v) is 16.6. The van der Waals surface area contributed by atoms with Crippen LogP contribution in [0.15, 0.2) is 11.6 Å². The normalized spacial score (nSPS) is 22.9. The molecule has 2 saturated heterocycles. The highest BCUT2D eigenvalue weighted by molar-refractivity contribution is 6.04. The van der Waals surface area contributed by atoms with Crippen LogP contribution in [0.25, 0.3) is 0 Å². The van der Waals surface area contributed by atoms with Gasteiger partial charge in [-0.1, -0.05) is 6.08 Å². The Hall–Kier alpha value is -2.05. The van der Waals surface area contributed by atoms with E-state index in [1.165, 1.54) is 0 Å². The predicted octanol–water partition coefficient (Wildman–Crippen LogP) is 3.48. The van der Waals surface area contributed by atoms with Crippen LogP contribution in [0.4, 0.5) is 9.59 Å². The summed E-state index contributed by atoms with van der Waals surface area (Å²) >= 11 is 0. The van der Waals surface area contributed by atoms with Crippen LogP contribution < -0.4 is 0 Å². The highest BCUT2D eigenvalue weighted by Gasteiger charge is 2.37. The number of ether oxygens (including phenoxy) is 2. The van der Waals surface area contributed by atoms with Crippen molar-refractivity contribution in [3.8, 4) is 0 Å². The van der Waals surface area contributed by atoms with Gasteiger partial charge in [-0.15, -0.1) is 0 Å². The van der Waals surface area contributed by atoms with Gasteiger partial charge in [-0.3, -0.25) is 4.79 Å². The maximum atomic E-state index is 12.5. The number of likely N-dealkylation sites (tertiary alicyclic amines) is 2. The van der Waals surface area contributed by atoms with Crippen molar-refractivity contribution in [1.82, 2.24) is 9.80 Å². The van der Waals surface area contributed by atoms with Crippen molar-refractivity contribution in [2.45, 2.75) is 78.0 Å². The Bertz CT molecular complexity index is 612. The van der Waals surface area contributed by atoms with Crippen molar-refractivity contribution < 1.29 is 23.9 Å². The van der Waals surface area contributed by atoms with Gasteiger partial charge in [0, 0.05) is 18.7 Å². The van der Waals surface area contributed by atoms with Crippen LogP contribution in [0.3, 0.4) is 0 Å². The number of hydrogen-bond acceptors (Lipinski definition) is 5. The van der Waals surface area contributed by atoms with E-state index >= 15 is 0 Å². The smallest absolute Gasteiger partial charge is 0.417 e. The number of nitrogens with zero attached hydrogens (tertiary/aromatic N) is 2. The van der Waals surface area contributed by atoms with E-state index in [2.05, 4.69) is 0 Å². The average Bonchev–Trinajstić information content (AvgIpc) is 3.03. The molecule has 26 heavy (non-hydrogen) atoms. The van der Waals surface area contributed by atoms with E-state index in [-0.39, 0.29) is 18.0 Å². The predicted molar refractivity (Wildman–Crippen MR) is 96.6 cm³/mol. The molecule has 0 saturated carbocycles. The molecule has 2 aliphatic heterocycles. The number of carbonyl (C=O) groups excluding carboxylic acids is 3. The molecule has 2 heterocycles. The number of imide groups is 1. The minimum absolute atomic E-state index is 0.178. The fourth-order valence-electron chi connectivity index (χ4n) is 3.01. The van der Waals surface area contributed by atoms with E-state index in [1.807, 2.05) is 26.8 Å². The quantitative estimate of drug-likeness (QED) is 0.664. The first-order valence-corrected chi connectivity index (χ1v) is 9.12. The van der Waals surface area contributed by atoms with Crippen LogP contribution in [0.1, 0.15) is 60.8 Å². The van der Waals surface area contributed by atoms with Gasteiger partial charge in [-0.2, -0.15) is 0 Å². The summed E-state index contributed by atoms with van der Waals surface area (Å²) < 4.78 is 10.7. The molecular weight excluding hydrogens is 336 g/mol. The maximum absolute atomic E-state index is 12.5. The Kier molecular flexibility index (Phi) is 5.68. The number of carbonyl (C=O) groups is 3.